The molecule has 6 nitrogen and oxygen atoms in total. The first-order chi connectivity index (χ1) is 13.6. The second-order valence-corrected chi connectivity index (χ2v) is 6.52. The van der Waals surface area contributed by atoms with Crippen LogP contribution in [0.25, 0.3) is 11.0 Å². The number of nitrogens with zero attached hydrogens (tertiary/aromatic N) is 2. The van der Waals surface area contributed by atoms with Gasteiger partial charge in [0.2, 0.25) is 6.43 Å². The van der Waals surface area contributed by atoms with Gasteiger partial charge in [-0.15, -0.1) is 0 Å². The first-order valence-electron chi connectivity index (χ1n) is 9.02. The van der Waals surface area contributed by atoms with Gasteiger partial charge in [0, 0.05) is 6.42 Å². The summed E-state index contributed by atoms with van der Waals surface area (Å²) in [6, 6.07) is 12.5. The van der Waals surface area contributed by atoms with Crippen LogP contribution in [0.15, 0.2) is 48.8 Å². The molecule has 2 aromatic carbocycles. The number of carbonyl (C=O) groups excluding carboxylic acids is 1. The van der Waals surface area contributed by atoms with Crippen molar-refractivity contribution in [1.82, 2.24) is 9.97 Å². The molecule has 0 bridgehead atoms. The molecule has 1 atom stereocenters. The number of ether oxygens (including phenoxy) is 2. The maximum absolute atomic E-state index is 12.3. The highest BCUT2D eigenvalue weighted by Crippen LogP contribution is 2.34. The number of anilines is 1. The third kappa shape index (κ3) is 3.76. The molecule has 1 amide bonds. The lowest BCUT2D eigenvalue weighted by Crippen LogP contribution is -2.27. The molecule has 8 heteroatoms. The zero-order valence-electron chi connectivity index (χ0n) is 15.0. The molecule has 1 aliphatic heterocycles. The predicted octanol–water partition coefficient (Wildman–Crippen LogP) is 4.68. The molecule has 2 heterocycles. The van der Waals surface area contributed by atoms with Crippen molar-refractivity contribution in [2.24, 2.45) is 0 Å². The standard InChI is InChI=1S/C20H19F2N3O3/c21-19(22)2-1-9-27-15-6-3-13(4-7-15)18-11-28-20(26)25(18)14-5-8-16-17(10-14)24-12-23-16/h3-8,10,12,18-19H,1-2,9,11H2,(H,23,24). The molecule has 0 spiro atoms. The monoisotopic (exact) mass is 387 g/mol. The second-order valence-electron chi connectivity index (χ2n) is 6.52. The van der Waals surface area contributed by atoms with E-state index in [0.717, 1.165) is 22.3 Å². The van der Waals surface area contributed by atoms with Gasteiger partial charge in [-0.1, -0.05) is 12.1 Å². The van der Waals surface area contributed by atoms with E-state index in [2.05, 4.69) is 9.97 Å². The Morgan fingerprint density at radius 1 is 1.25 bits per heavy atom. The van der Waals surface area contributed by atoms with E-state index in [1.807, 2.05) is 30.3 Å². The molecule has 4 rings (SSSR count). The van der Waals surface area contributed by atoms with Crippen LogP contribution in [0, 0.1) is 0 Å². The predicted molar refractivity (Wildman–Crippen MR) is 99.8 cm³/mol. The summed E-state index contributed by atoms with van der Waals surface area (Å²) in [4.78, 5) is 21.2. The molecule has 1 aliphatic rings. The number of rotatable bonds is 7. The Bertz CT molecular complexity index is 959. The Kier molecular flexibility index (Phi) is 5.10. The third-order valence-corrected chi connectivity index (χ3v) is 4.66. The van der Waals surface area contributed by atoms with E-state index < -0.39 is 12.5 Å². The van der Waals surface area contributed by atoms with Crippen molar-refractivity contribution in [3.63, 3.8) is 0 Å². The molecule has 1 unspecified atom stereocenters. The van der Waals surface area contributed by atoms with Gasteiger partial charge < -0.3 is 14.5 Å². The van der Waals surface area contributed by atoms with Crippen molar-refractivity contribution >= 4 is 22.8 Å². The topological polar surface area (TPSA) is 67.5 Å². The lowest BCUT2D eigenvalue weighted by atomic mass is 10.1. The number of aromatic nitrogens is 2. The maximum atomic E-state index is 12.3. The van der Waals surface area contributed by atoms with Crippen molar-refractivity contribution in [3.8, 4) is 5.75 Å². The van der Waals surface area contributed by atoms with Crippen LogP contribution in [-0.2, 0) is 4.74 Å². The number of amides is 1. The molecule has 1 N–H and O–H groups in total. The summed E-state index contributed by atoms with van der Waals surface area (Å²) >= 11 is 0. The summed E-state index contributed by atoms with van der Waals surface area (Å²) in [7, 11) is 0. The number of cyclic esters (lactones) is 1. The molecule has 0 radical (unpaired) electrons. The van der Waals surface area contributed by atoms with Crippen molar-refractivity contribution in [2.45, 2.75) is 25.3 Å². The van der Waals surface area contributed by atoms with Crippen LogP contribution in [0.5, 0.6) is 5.75 Å². The van der Waals surface area contributed by atoms with Gasteiger partial charge in [0.25, 0.3) is 0 Å². The number of aromatic amines is 1. The third-order valence-electron chi connectivity index (χ3n) is 4.66. The number of nitrogens with one attached hydrogen (secondary N) is 1. The smallest absolute Gasteiger partial charge is 0.415 e. The number of fused-ring (bicyclic) bond motifs is 1. The lowest BCUT2D eigenvalue weighted by molar-refractivity contribution is 0.127. The summed E-state index contributed by atoms with van der Waals surface area (Å²) in [5.41, 5.74) is 3.27. The van der Waals surface area contributed by atoms with Crippen molar-refractivity contribution in [2.75, 3.05) is 18.1 Å². The minimum absolute atomic E-state index is 0.171. The molecule has 1 fully saturated rings. The van der Waals surface area contributed by atoms with Crippen LogP contribution >= 0.6 is 0 Å². The van der Waals surface area contributed by atoms with Crippen LogP contribution in [0.4, 0.5) is 19.3 Å². The fraction of sp³-hybridized carbons (Fsp3) is 0.300. The maximum Gasteiger partial charge on any atom is 0.415 e. The number of benzene rings is 2. The normalized spacial score (nSPS) is 16.8. The van der Waals surface area contributed by atoms with Gasteiger partial charge in [-0.2, -0.15) is 0 Å². The molecule has 0 saturated carbocycles. The van der Waals surface area contributed by atoms with Gasteiger partial charge >= 0.3 is 6.09 Å². The van der Waals surface area contributed by atoms with Crippen molar-refractivity contribution < 1.29 is 23.0 Å². The van der Waals surface area contributed by atoms with Gasteiger partial charge in [-0.3, -0.25) is 4.90 Å². The van der Waals surface area contributed by atoms with Gasteiger partial charge in [-0.05, 0) is 42.3 Å². The van der Waals surface area contributed by atoms with Crippen molar-refractivity contribution in [1.29, 1.82) is 0 Å². The first kappa shape index (κ1) is 18.2. The van der Waals surface area contributed by atoms with E-state index in [4.69, 9.17) is 9.47 Å². The molecule has 1 aromatic heterocycles. The number of hydrogen-bond donors (Lipinski definition) is 1. The van der Waals surface area contributed by atoms with E-state index in [-0.39, 0.29) is 25.7 Å². The number of alkyl halides is 2. The summed E-state index contributed by atoms with van der Waals surface area (Å²) < 4.78 is 35.1. The number of halogens is 2. The molecule has 28 heavy (non-hydrogen) atoms. The number of imidazole rings is 1. The van der Waals surface area contributed by atoms with Gasteiger partial charge in [0.15, 0.2) is 0 Å². The first-order valence-corrected chi connectivity index (χ1v) is 9.02. The number of H-pyrrole nitrogens is 1. The van der Waals surface area contributed by atoms with Crippen LogP contribution in [0.1, 0.15) is 24.4 Å². The average molecular weight is 387 g/mol. The zero-order valence-corrected chi connectivity index (χ0v) is 15.0. The Labute approximate surface area is 160 Å². The Morgan fingerprint density at radius 2 is 2.07 bits per heavy atom. The quantitative estimate of drug-likeness (QED) is 0.598. The van der Waals surface area contributed by atoms with E-state index in [1.54, 1.807) is 23.4 Å². The summed E-state index contributed by atoms with van der Waals surface area (Å²) in [6.07, 6.45) is -0.980. The van der Waals surface area contributed by atoms with Gasteiger partial charge in [0.05, 0.1) is 35.7 Å². The Morgan fingerprint density at radius 3 is 2.86 bits per heavy atom. The fourth-order valence-electron chi connectivity index (χ4n) is 3.24. The second kappa shape index (κ2) is 7.84. The van der Waals surface area contributed by atoms with Crippen LogP contribution in [-0.4, -0.2) is 35.7 Å². The molecule has 1 saturated heterocycles. The Balaban J connectivity index is 1.48. The van der Waals surface area contributed by atoms with Gasteiger partial charge in [-0.25, -0.2) is 18.6 Å². The highest BCUT2D eigenvalue weighted by Gasteiger charge is 2.35. The Hall–Kier alpha value is -3.16. The number of hydrogen-bond acceptors (Lipinski definition) is 4. The lowest BCUT2D eigenvalue weighted by Gasteiger charge is -2.22. The molecule has 0 aliphatic carbocycles. The van der Waals surface area contributed by atoms with Gasteiger partial charge in [0.1, 0.15) is 12.4 Å². The molecular formula is C20H19F2N3O3. The van der Waals surface area contributed by atoms with E-state index >= 15 is 0 Å². The minimum atomic E-state index is -2.31. The van der Waals surface area contributed by atoms with Crippen molar-refractivity contribution in [3.05, 3.63) is 54.4 Å². The average Bonchev–Trinajstić information content (AvgIpc) is 3.31. The number of carbonyl (C=O) groups is 1. The molecule has 146 valence electrons. The largest absolute Gasteiger partial charge is 0.494 e. The highest BCUT2D eigenvalue weighted by atomic mass is 19.3. The fourth-order valence-corrected chi connectivity index (χ4v) is 3.24. The van der Waals surface area contributed by atoms with Crippen LogP contribution in [0.3, 0.4) is 0 Å². The zero-order chi connectivity index (χ0) is 19.5. The van der Waals surface area contributed by atoms with E-state index in [0.29, 0.717) is 12.2 Å². The minimum Gasteiger partial charge on any atom is -0.494 e. The van der Waals surface area contributed by atoms with Crippen LogP contribution in [0.2, 0.25) is 0 Å². The summed E-state index contributed by atoms with van der Waals surface area (Å²) in [5, 5.41) is 0. The molecule has 3 aromatic rings. The SMILES string of the molecule is O=C1OCC(c2ccc(OCCCC(F)F)cc2)N1c1ccc2nc[nH]c2c1. The van der Waals surface area contributed by atoms with E-state index in [9.17, 15) is 13.6 Å². The molecular weight excluding hydrogens is 368 g/mol. The van der Waals surface area contributed by atoms with Crippen LogP contribution < -0.4 is 9.64 Å². The van der Waals surface area contributed by atoms with E-state index in [1.165, 1.54) is 0 Å². The summed E-state index contributed by atoms with van der Waals surface area (Å²) in [6.45, 7) is 0.486. The summed E-state index contributed by atoms with van der Waals surface area (Å²) in [5.74, 6) is 0.605. The highest BCUT2D eigenvalue weighted by molar-refractivity contribution is 5.93.